The van der Waals surface area contributed by atoms with E-state index in [2.05, 4.69) is 0 Å². The molecule has 0 radical (unpaired) electrons. The van der Waals surface area contributed by atoms with Crippen molar-refractivity contribution in [2.24, 2.45) is 5.73 Å². The molecule has 0 spiro atoms. The summed E-state index contributed by atoms with van der Waals surface area (Å²) in [7, 11) is 3.23. The molecule has 2 aromatic rings. The van der Waals surface area contributed by atoms with Gasteiger partial charge in [0.15, 0.2) is 11.5 Å². The summed E-state index contributed by atoms with van der Waals surface area (Å²) >= 11 is 0. The minimum atomic E-state index is 0.391. The van der Waals surface area contributed by atoms with Gasteiger partial charge in [0.25, 0.3) is 0 Å². The van der Waals surface area contributed by atoms with E-state index in [1.54, 1.807) is 14.2 Å². The minimum Gasteiger partial charge on any atom is -0.493 e. The molecule has 0 aliphatic heterocycles. The van der Waals surface area contributed by atoms with Crippen LogP contribution in [0.25, 0.3) is 11.1 Å². The van der Waals surface area contributed by atoms with Crippen molar-refractivity contribution in [1.29, 1.82) is 0 Å². The molecule has 0 fully saturated rings. The molecule has 0 heterocycles. The highest BCUT2D eigenvalue weighted by Gasteiger charge is 2.12. The Kier molecular flexibility index (Phi) is 3.92. The van der Waals surface area contributed by atoms with E-state index in [-0.39, 0.29) is 0 Å². The zero-order valence-electron chi connectivity index (χ0n) is 11.1. The Hall–Kier alpha value is -2.20. The highest BCUT2D eigenvalue weighted by atomic mass is 16.5. The summed E-state index contributed by atoms with van der Waals surface area (Å²) in [5, 5.41) is 0. The molecular weight excluding hydrogens is 240 g/mol. The molecule has 0 unspecified atom stereocenters. The number of nitrogen functional groups attached to an aromatic ring is 1. The second kappa shape index (κ2) is 5.63. The maximum atomic E-state index is 5.77. The summed E-state index contributed by atoms with van der Waals surface area (Å²) in [6.45, 7) is 0.391. The van der Waals surface area contributed by atoms with Crippen LogP contribution in [0.3, 0.4) is 0 Å². The summed E-state index contributed by atoms with van der Waals surface area (Å²) in [5.41, 5.74) is 15.2. The zero-order chi connectivity index (χ0) is 13.8. The molecule has 0 aliphatic carbocycles. The van der Waals surface area contributed by atoms with Gasteiger partial charge >= 0.3 is 0 Å². The van der Waals surface area contributed by atoms with E-state index in [9.17, 15) is 0 Å². The summed E-state index contributed by atoms with van der Waals surface area (Å²) in [5.74, 6) is 1.36. The number of hydrogen-bond donors (Lipinski definition) is 2. The lowest BCUT2D eigenvalue weighted by atomic mass is 10.0. The summed E-state index contributed by atoms with van der Waals surface area (Å²) in [6.07, 6.45) is 0. The van der Waals surface area contributed by atoms with Crippen LogP contribution in [0.5, 0.6) is 11.5 Å². The molecule has 0 aliphatic rings. The van der Waals surface area contributed by atoms with Crippen LogP contribution < -0.4 is 20.9 Å². The van der Waals surface area contributed by atoms with Crippen molar-refractivity contribution in [3.05, 3.63) is 42.0 Å². The van der Waals surface area contributed by atoms with E-state index in [1.807, 2.05) is 36.4 Å². The average Bonchev–Trinajstić information content (AvgIpc) is 2.46. The van der Waals surface area contributed by atoms with Gasteiger partial charge in [-0.3, -0.25) is 0 Å². The topological polar surface area (TPSA) is 70.5 Å². The van der Waals surface area contributed by atoms with Crippen molar-refractivity contribution in [1.82, 2.24) is 0 Å². The van der Waals surface area contributed by atoms with E-state index in [0.29, 0.717) is 18.0 Å². The fourth-order valence-electron chi connectivity index (χ4n) is 2.04. The first-order valence-electron chi connectivity index (χ1n) is 6.00. The van der Waals surface area contributed by atoms with Gasteiger partial charge in [-0.05, 0) is 35.4 Å². The fourth-order valence-corrected chi connectivity index (χ4v) is 2.04. The largest absolute Gasteiger partial charge is 0.493 e. The zero-order valence-corrected chi connectivity index (χ0v) is 11.1. The van der Waals surface area contributed by atoms with Crippen molar-refractivity contribution in [2.45, 2.75) is 6.54 Å². The highest BCUT2D eigenvalue weighted by Crippen LogP contribution is 2.36. The van der Waals surface area contributed by atoms with Crippen molar-refractivity contribution < 1.29 is 9.47 Å². The first-order valence-corrected chi connectivity index (χ1v) is 6.00. The van der Waals surface area contributed by atoms with Gasteiger partial charge in [-0.25, -0.2) is 0 Å². The number of hydrogen-bond acceptors (Lipinski definition) is 4. The van der Waals surface area contributed by atoms with Crippen molar-refractivity contribution in [3.8, 4) is 22.6 Å². The number of ether oxygens (including phenoxy) is 2. The number of anilines is 1. The molecule has 4 N–H and O–H groups in total. The molecule has 100 valence electrons. The Morgan fingerprint density at radius 1 is 0.947 bits per heavy atom. The third-order valence-corrected chi connectivity index (χ3v) is 3.02. The Balaban J connectivity index is 2.55. The molecule has 19 heavy (non-hydrogen) atoms. The first-order chi connectivity index (χ1) is 9.19. The predicted octanol–water partition coefficient (Wildman–Crippen LogP) is 2.41. The Bertz CT molecular complexity index is 540. The van der Waals surface area contributed by atoms with Crippen LogP contribution in [0.4, 0.5) is 5.69 Å². The van der Waals surface area contributed by atoms with Crippen molar-refractivity contribution >= 4 is 5.69 Å². The third-order valence-electron chi connectivity index (χ3n) is 3.02. The molecular formula is C15H18N2O2. The monoisotopic (exact) mass is 258 g/mol. The molecule has 0 bridgehead atoms. The normalized spacial score (nSPS) is 10.3. The molecule has 0 amide bonds. The molecule has 4 heteroatoms. The summed E-state index contributed by atoms with van der Waals surface area (Å²) in [4.78, 5) is 0. The molecule has 0 aromatic heterocycles. The lowest BCUT2D eigenvalue weighted by Crippen LogP contribution is -2.02. The Morgan fingerprint density at radius 2 is 1.63 bits per heavy atom. The maximum absolute atomic E-state index is 5.77. The van der Waals surface area contributed by atoms with Gasteiger partial charge in [-0.2, -0.15) is 0 Å². The fraction of sp³-hybridized carbons (Fsp3) is 0.200. The second-order valence-electron chi connectivity index (χ2n) is 4.20. The van der Waals surface area contributed by atoms with Crippen molar-refractivity contribution in [3.63, 3.8) is 0 Å². The summed E-state index contributed by atoms with van der Waals surface area (Å²) < 4.78 is 10.7. The van der Waals surface area contributed by atoms with Gasteiger partial charge in [0, 0.05) is 17.8 Å². The smallest absolute Gasteiger partial charge is 0.165 e. The van der Waals surface area contributed by atoms with E-state index in [1.165, 1.54) is 0 Å². The lowest BCUT2D eigenvalue weighted by molar-refractivity contribution is 0.352. The van der Waals surface area contributed by atoms with Crippen LogP contribution in [0.15, 0.2) is 36.4 Å². The number of methoxy groups -OCH3 is 2. The van der Waals surface area contributed by atoms with E-state index in [4.69, 9.17) is 20.9 Å². The van der Waals surface area contributed by atoms with Crippen LogP contribution in [0.1, 0.15) is 5.56 Å². The van der Waals surface area contributed by atoms with Gasteiger partial charge in [0.1, 0.15) is 0 Å². The van der Waals surface area contributed by atoms with Crippen LogP contribution in [0.2, 0.25) is 0 Å². The third kappa shape index (κ3) is 2.63. The second-order valence-corrected chi connectivity index (χ2v) is 4.20. The molecule has 0 saturated heterocycles. The molecule has 2 rings (SSSR count). The number of benzene rings is 2. The molecule has 2 aromatic carbocycles. The predicted molar refractivity (Wildman–Crippen MR) is 77.3 cm³/mol. The standard InChI is InChI=1S/C15H18N2O2/c1-18-14-8-11(7-12(9-16)15(14)19-2)10-3-5-13(17)6-4-10/h3-8H,9,16-17H2,1-2H3. The van der Waals surface area contributed by atoms with Gasteiger partial charge in [-0.1, -0.05) is 12.1 Å². The first kappa shape index (κ1) is 13.2. The van der Waals surface area contributed by atoms with Crippen LogP contribution in [-0.4, -0.2) is 14.2 Å². The van der Waals surface area contributed by atoms with Crippen LogP contribution in [-0.2, 0) is 6.54 Å². The Labute approximate surface area is 112 Å². The van der Waals surface area contributed by atoms with Crippen LogP contribution >= 0.6 is 0 Å². The van der Waals surface area contributed by atoms with Gasteiger partial charge in [0.2, 0.25) is 0 Å². The SMILES string of the molecule is COc1cc(-c2ccc(N)cc2)cc(CN)c1OC. The van der Waals surface area contributed by atoms with Gasteiger partial charge in [0.05, 0.1) is 14.2 Å². The molecule has 4 nitrogen and oxygen atoms in total. The quantitative estimate of drug-likeness (QED) is 0.826. The van der Waals surface area contributed by atoms with E-state index < -0.39 is 0 Å². The minimum absolute atomic E-state index is 0.391. The highest BCUT2D eigenvalue weighted by molar-refractivity contribution is 5.70. The average molecular weight is 258 g/mol. The Morgan fingerprint density at radius 3 is 2.16 bits per heavy atom. The van der Waals surface area contributed by atoms with E-state index >= 15 is 0 Å². The van der Waals surface area contributed by atoms with Gasteiger partial charge in [-0.15, -0.1) is 0 Å². The maximum Gasteiger partial charge on any atom is 0.165 e. The van der Waals surface area contributed by atoms with E-state index in [0.717, 1.165) is 22.4 Å². The lowest BCUT2D eigenvalue weighted by Gasteiger charge is -2.14. The summed E-state index contributed by atoms with van der Waals surface area (Å²) in [6, 6.07) is 11.6. The van der Waals surface area contributed by atoms with Crippen LogP contribution in [0, 0.1) is 0 Å². The van der Waals surface area contributed by atoms with Crippen molar-refractivity contribution in [2.75, 3.05) is 20.0 Å². The number of nitrogens with two attached hydrogens (primary N) is 2. The molecule has 0 atom stereocenters. The van der Waals surface area contributed by atoms with Gasteiger partial charge < -0.3 is 20.9 Å². The number of rotatable bonds is 4. The molecule has 0 saturated carbocycles.